The van der Waals surface area contributed by atoms with E-state index < -0.39 is 21.7 Å². The average Bonchev–Trinajstić information content (AvgIpc) is 2.75. The van der Waals surface area contributed by atoms with Crippen LogP contribution in [0.4, 0.5) is 10.1 Å². The van der Waals surface area contributed by atoms with Gasteiger partial charge in [0.2, 0.25) is 15.9 Å². The molecule has 0 radical (unpaired) electrons. The number of amides is 1. The van der Waals surface area contributed by atoms with Gasteiger partial charge < -0.3 is 10.1 Å². The fourth-order valence-corrected chi connectivity index (χ4v) is 5.06. The quantitative estimate of drug-likeness (QED) is 0.662. The summed E-state index contributed by atoms with van der Waals surface area (Å²) < 4.78 is 46.0. The Kier molecular flexibility index (Phi) is 7.12. The molecule has 2 aromatic rings. The molecule has 9 heteroatoms. The molecule has 1 aliphatic heterocycles. The Morgan fingerprint density at radius 3 is 2.57 bits per heavy atom. The number of sulfonamides is 1. The minimum absolute atomic E-state index is 0.0692. The third kappa shape index (κ3) is 5.19. The van der Waals surface area contributed by atoms with Gasteiger partial charge in [0.15, 0.2) is 0 Å². The van der Waals surface area contributed by atoms with Crippen LogP contribution in [0.2, 0.25) is 5.02 Å². The summed E-state index contributed by atoms with van der Waals surface area (Å²) in [5.74, 6) is -0.789. The molecule has 1 amide bonds. The number of piperidine rings is 1. The van der Waals surface area contributed by atoms with Gasteiger partial charge in [-0.2, -0.15) is 4.31 Å². The van der Waals surface area contributed by atoms with Gasteiger partial charge in [0.05, 0.1) is 12.1 Å². The van der Waals surface area contributed by atoms with Gasteiger partial charge in [-0.15, -0.1) is 0 Å². The molecule has 0 unspecified atom stereocenters. The molecule has 0 atom stereocenters. The molecule has 1 heterocycles. The number of carbonyl (C=O) groups is 1. The summed E-state index contributed by atoms with van der Waals surface area (Å²) in [4.78, 5) is 12.2. The molecule has 1 saturated heterocycles. The van der Waals surface area contributed by atoms with E-state index in [1.54, 1.807) is 12.1 Å². The maximum absolute atomic E-state index is 13.2. The van der Waals surface area contributed by atoms with Crippen molar-refractivity contribution in [3.8, 4) is 5.75 Å². The second-order valence-electron chi connectivity index (χ2n) is 6.83. The van der Waals surface area contributed by atoms with Crippen LogP contribution in [0.5, 0.6) is 5.75 Å². The first-order valence-electron chi connectivity index (χ1n) is 9.43. The number of carbonyl (C=O) groups excluding carboxylic acids is 1. The highest BCUT2D eigenvalue weighted by molar-refractivity contribution is 7.89. The van der Waals surface area contributed by atoms with E-state index in [9.17, 15) is 17.6 Å². The van der Waals surface area contributed by atoms with Crippen LogP contribution in [0.3, 0.4) is 0 Å². The summed E-state index contributed by atoms with van der Waals surface area (Å²) in [5, 5.41) is 2.47. The standard InChI is InChI=1S/C21H22ClFN2O4S/c1-29-19-9-5-15(13-20(19)30(27,28)25-11-3-2-4-12-25)6-10-21(26)24-16-7-8-18(23)17(22)14-16/h5-10,13-14H,2-4,11-12H2,1H3,(H,24,26). The molecule has 30 heavy (non-hydrogen) atoms. The molecule has 2 aromatic carbocycles. The Morgan fingerprint density at radius 1 is 1.17 bits per heavy atom. The molecular formula is C21H22ClFN2O4S. The molecule has 6 nitrogen and oxygen atoms in total. The van der Waals surface area contributed by atoms with E-state index in [1.165, 1.54) is 41.8 Å². The molecule has 0 aromatic heterocycles. The lowest BCUT2D eigenvalue weighted by Crippen LogP contribution is -2.35. The molecule has 3 rings (SSSR count). The maximum Gasteiger partial charge on any atom is 0.248 e. The Hall–Kier alpha value is -2.42. The summed E-state index contributed by atoms with van der Waals surface area (Å²) in [7, 11) is -2.28. The third-order valence-corrected chi connectivity index (χ3v) is 6.94. The van der Waals surface area contributed by atoms with Gasteiger partial charge in [0, 0.05) is 24.9 Å². The van der Waals surface area contributed by atoms with E-state index >= 15 is 0 Å². The molecule has 1 fully saturated rings. The second-order valence-corrected chi connectivity index (χ2v) is 9.14. The monoisotopic (exact) mass is 452 g/mol. The Morgan fingerprint density at radius 2 is 1.90 bits per heavy atom. The fraction of sp³-hybridized carbons (Fsp3) is 0.286. The van der Waals surface area contributed by atoms with Crippen molar-refractivity contribution in [1.82, 2.24) is 4.31 Å². The van der Waals surface area contributed by atoms with Gasteiger partial charge >= 0.3 is 0 Å². The van der Waals surface area contributed by atoms with E-state index in [4.69, 9.17) is 16.3 Å². The number of halogens is 2. The van der Waals surface area contributed by atoms with Crippen molar-refractivity contribution in [3.63, 3.8) is 0 Å². The van der Waals surface area contributed by atoms with Gasteiger partial charge in [0.25, 0.3) is 0 Å². The van der Waals surface area contributed by atoms with Gasteiger partial charge in [-0.1, -0.05) is 24.1 Å². The lowest BCUT2D eigenvalue weighted by atomic mass is 10.2. The number of hydrogen-bond donors (Lipinski definition) is 1. The number of nitrogens with one attached hydrogen (secondary N) is 1. The number of benzene rings is 2. The second kappa shape index (κ2) is 9.59. The smallest absolute Gasteiger partial charge is 0.248 e. The lowest BCUT2D eigenvalue weighted by molar-refractivity contribution is -0.111. The summed E-state index contributed by atoms with van der Waals surface area (Å²) in [5.41, 5.74) is 0.873. The van der Waals surface area contributed by atoms with Crippen molar-refractivity contribution in [3.05, 3.63) is 58.9 Å². The van der Waals surface area contributed by atoms with E-state index in [-0.39, 0.29) is 15.7 Å². The van der Waals surface area contributed by atoms with Crippen LogP contribution < -0.4 is 10.1 Å². The van der Waals surface area contributed by atoms with Gasteiger partial charge in [-0.25, -0.2) is 12.8 Å². The van der Waals surface area contributed by atoms with Crippen LogP contribution >= 0.6 is 11.6 Å². The Bertz CT molecular complexity index is 1070. The van der Waals surface area contributed by atoms with Gasteiger partial charge in [0.1, 0.15) is 16.5 Å². The number of nitrogens with zero attached hydrogens (tertiary/aromatic N) is 1. The third-order valence-electron chi connectivity index (χ3n) is 4.73. The zero-order valence-electron chi connectivity index (χ0n) is 16.4. The predicted octanol–water partition coefficient (Wildman–Crippen LogP) is 4.31. The highest BCUT2D eigenvalue weighted by Crippen LogP contribution is 2.30. The predicted molar refractivity (Wildman–Crippen MR) is 115 cm³/mol. The number of methoxy groups -OCH3 is 1. The zero-order valence-corrected chi connectivity index (χ0v) is 18.0. The van der Waals surface area contributed by atoms with E-state index in [2.05, 4.69) is 5.32 Å². The van der Waals surface area contributed by atoms with Crippen LogP contribution in [-0.4, -0.2) is 38.8 Å². The molecule has 1 aliphatic rings. The van der Waals surface area contributed by atoms with Crippen molar-refractivity contribution in [2.24, 2.45) is 0 Å². The summed E-state index contributed by atoms with van der Waals surface area (Å²) in [6.07, 6.45) is 5.43. The first kappa shape index (κ1) is 22.3. The average molecular weight is 453 g/mol. The van der Waals surface area contributed by atoms with Crippen molar-refractivity contribution in [2.45, 2.75) is 24.2 Å². The molecule has 0 saturated carbocycles. The highest BCUT2D eigenvalue weighted by atomic mass is 35.5. The first-order valence-corrected chi connectivity index (χ1v) is 11.3. The Balaban J connectivity index is 1.80. The molecule has 0 aliphatic carbocycles. The van der Waals surface area contributed by atoms with Gasteiger partial charge in [-0.3, -0.25) is 4.79 Å². The normalized spacial score (nSPS) is 15.3. The number of hydrogen-bond acceptors (Lipinski definition) is 4. The summed E-state index contributed by atoms with van der Waals surface area (Å²) >= 11 is 5.71. The van der Waals surface area contributed by atoms with Crippen molar-refractivity contribution >= 4 is 39.3 Å². The van der Waals surface area contributed by atoms with Crippen molar-refractivity contribution in [2.75, 3.05) is 25.5 Å². The van der Waals surface area contributed by atoms with Crippen LogP contribution in [-0.2, 0) is 14.8 Å². The Labute approximate surface area is 180 Å². The number of rotatable bonds is 6. The maximum atomic E-state index is 13.2. The molecular weight excluding hydrogens is 431 g/mol. The number of anilines is 1. The number of ether oxygens (including phenoxy) is 1. The summed E-state index contributed by atoms with van der Waals surface area (Å²) in [6.45, 7) is 0.961. The van der Waals surface area contributed by atoms with E-state index in [0.29, 0.717) is 24.3 Å². The lowest BCUT2D eigenvalue weighted by Gasteiger charge is -2.26. The van der Waals surface area contributed by atoms with Crippen LogP contribution in [0.1, 0.15) is 24.8 Å². The SMILES string of the molecule is COc1ccc(C=CC(=O)Nc2ccc(F)c(Cl)c2)cc1S(=O)(=O)N1CCCCC1. The molecule has 0 bridgehead atoms. The fourth-order valence-electron chi connectivity index (χ4n) is 3.17. The van der Waals surface area contributed by atoms with Crippen LogP contribution in [0, 0.1) is 5.82 Å². The first-order chi connectivity index (χ1) is 14.3. The van der Waals surface area contributed by atoms with Crippen molar-refractivity contribution in [1.29, 1.82) is 0 Å². The minimum atomic E-state index is -3.70. The molecule has 0 spiro atoms. The van der Waals surface area contributed by atoms with Gasteiger partial charge in [-0.05, 0) is 54.8 Å². The van der Waals surface area contributed by atoms with E-state index in [0.717, 1.165) is 25.3 Å². The molecule has 160 valence electrons. The van der Waals surface area contributed by atoms with Crippen LogP contribution in [0.25, 0.3) is 6.08 Å². The topological polar surface area (TPSA) is 75.7 Å². The van der Waals surface area contributed by atoms with Crippen molar-refractivity contribution < 1.29 is 22.3 Å². The summed E-state index contributed by atoms with van der Waals surface area (Å²) in [6, 6.07) is 8.56. The zero-order chi connectivity index (χ0) is 21.7. The largest absolute Gasteiger partial charge is 0.495 e. The van der Waals surface area contributed by atoms with E-state index in [1.807, 2.05) is 0 Å². The van der Waals surface area contributed by atoms with Crippen LogP contribution in [0.15, 0.2) is 47.4 Å². The molecule has 1 N–H and O–H groups in total. The minimum Gasteiger partial charge on any atom is -0.495 e. The highest BCUT2D eigenvalue weighted by Gasteiger charge is 2.29.